The lowest BCUT2D eigenvalue weighted by Crippen LogP contribution is -2.53. The SMILES string of the molecule is CC(C)CCN(CC(=O)N(CC(N)=O)[C@@H](C)c1ccccc1)C(=O)CN(C(=O)CN(C(=O)CN(CCc1c[nH]c2ccccc12)C(=O)CN(C(=O)CN(C(=O)CN(CCc1ccccc1)C(=O)CN(C(=O)CN[C@@H](C)c1ccccc1)[C@@H](C)c1ccccc1)[C@@H](C)c1ccccc1)[C@@H](C)c1ccccc1)[C@@H](C)c1ccccc1)[C@@H](C)c1ccccc1. The van der Waals surface area contributed by atoms with E-state index >= 15 is 33.6 Å². The van der Waals surface area contributed by atoms with E-state index in [0.717, 1.165) is 38.7 Å². The molecule has 1 heterocycles. The summed E-state index contributed by atoms with van der Waals surface area (Å²) in [4.78, 5) is 169. The van der Waals surface area contributed by atoms with Gasteiger partial charge in [0.2, 0.25) is 59.1 Å². The Balaban J connectivity index is 0.981. The summed E-state index contributed by atoms with van der Waals surface area (Å²) < 4.78 is 0. The molecule has 10 rings (SSSR count). The van der Waals surface area contributed by atoms with Crippen LogP contribution in [0.4, 0.5) is 0 Å². The van der Waals surface area contributed by atoms with Gasteiger partial charge in [0.05, 0.1) is 69.0 Å². The van der Waals surface area contributed by atoms with Crippen LogP contribution in [0.5, 0.6) is 0 Å². The Morgan fingerprint density at radius 1 is 0.298 bits per heavy atom. The van der Waals surface area contributed by atoms with Crippen LogP contribution < -0.4 is 11.1 Å². The van der Waals surface area contributed by atoms with Gasteiger partial charge in [-0.15, -0.1) is 0 Å². The van der Waals surface area contributed by atoms with Crippen LogP contribution in [0.2, 0.25) is 0 Å². The van der Waals surface area contributed by atoms with Gasteiger partial charge in [-0.1, -0.05) is 275 Å². The molecule has 10 amide bonds. The van der Waals surface area contributed by atoms with Crippen molar-refractivity contribution in [3.63, 3.8) is 0 Å². The number of fused-ring (bicyclic) bond motifs is 1. The first-order valence-electron chi connectivity index (χ1n) is 41.9. The second-order valence-electron chi connectivity index (χ2n) is 31.6. The van der Waals surface area contributed by atoms with Crippen molar-refractivity contribution in [2.24, 2.45) is 11.7 Å². The normalized spacial score (nSPS) is 12.9. The summed E-state index contributed by atoms with van der Waals surface area (Å²) in [6.45, 7) is 12.3. The summed E-state index contributed by atoms with van der Waals surface area (Å²) in [5, 5.41) is 4.26. The molecule has 0 radical (unpaired) electrons. The first-order valence-corrected chi connectivity index (χ1v) is 41.9. The van der Waals surface area contributed by atoms with Crippen molar-refractivity contribution < 1.29 is 47.9 Å². The molecule has 632 valence electrons. The van der Waals surface area contributed by atoms with Crippen LogP contribution in [0, 0.1) is 5.92 Å². The minimum atomic E-state index is -0.823. The zero-order chi connectivity index (χ0) is 86.5. The van der Waals surface area contributed by atoms with E-state index in [2.05, 4.69) is 10.3 Å². The number of H-pyrrole nitrogens is 1. The second-order valence-corrected chi connectivity index (χ2v) is 31.6. The van der Waals surface area contributed by atoms with Gasteiger partial charge in [-0.3, -0.25) is 47.9 Å². The van der Waals surface area contributed by atoms with Crippen molar-refractivity contribution in [2.75, 3.05) is 85.1 Å². The van der Waals surface area contributed by atoms with Crippen molar-refractivity contribution in [1.29, 1.82) is 0 Å². The number of benzene rings is 9. The number of carbonyl (C=O) groups excluding carboxylic acids is 10. The highest BCUT2D eigenvalue weighted by molar-refractivity contribution is 5.95. The third-order valence-corrected chi connectivity index (χ3v) is 23.0. The summed E-state index contributed by atoms with van der Waals surface area (Å²) >= 11 is 0. The van der Waals surface area contributed by atoms with Crippen LogP contribution in [0.25, 0.3) is 10.9 Å². The maximum Gasteiger partial charge on any atom is 0.243 e. The van der Waals surface area contributed by atoms with Gasteiger partial charge in [0.15, 0.2) is 0 Å². The van der Waals surface area contributed by atoms with Gasteiger partial charge in [-0.25, -0.2) is 0 Å². The summed E-state index contributed by atoms with van der Waals surface area (Å²) in [6.07, 6.45) is 2.94. The first-order chi connectivity index (χ1) is 58.3. The zero-order valence-electron chi connectivity index (χ0n) is 71.1. The van der Waals surface area contributed by atoms with Crippen molar-refractivity contribution in [2.45, 2.75) is 124 Å². The van der Waals surface area contributed by atoms with Crippen LogP contribution >= 0.6 is 0 Å². The van der Waals surface area contributed by atoms with Crippen LogP contribution in [-0.2, 0) is 60.8 Å². The van der Waals surface area contributed by atoms with Crippen LogP contribution in [-0.4, -0.2) is 193 Å². The second kappa shape index (κ2) is 44.8. The fourth-order valence-corrected chi connectivity index (χ4v) is 15.2. The van der Waals surface area contributed by atoms with Gasteiger partial charge < -0.3 is 60.1 Å². The molecule has 0 aliphatic rings. The predicted octanol–water partition coefficient (Wildman–Crippen LogP) is 13.9. The number of amides is 10. The Hall–Kier alpha value is -12.8. The maximum atomic E-state index is 16.2. The standard InChI is InChI=1S/C99H116N12O10/c1-71(2)54-57-103(63-95(117)106(62-90(100)112)73(4)81-40-22-12-23-41-81)93(115)67-108(75(6)83-44-26-14-27-45-83)98(120)70-111(78(9)86-50-32-17-33-51-86)97(119)65-105(59-56-87-60-102-89-53-35-34-52-88(87)89)94(116)68-109(76(7)84-46-28-15-29-47-84)99(121)69-110(77(8)85-48-30-16-31-49-85)96(118)64-104(58-55-79-36-18-10-19-37-79)92(114)66-107(74(5)82-42-24-13-25-43-82)91(113)61-101-72(3)80-38-20-11-21-39-80/h10-53,60,71-78,101-102H,54-59,61-70H2,1-9H3,(H2,100,112)/t72-,73-,74-,75-,76-,77-,78-/m0/s1. The Morgan fingerprint density at radius 2 is 0.570 bits per heavy atom. The van der Waals surface area contributed by atoms with E-state index in [9.17, 15) is 14.4 Å². The van der Waals surface area contributed by atoms with Gasteiger partial charge in [0.1, 0.15) is 32.7 Å². The van der Waals surface area contributed by atoms with E-state index in [1.165, 1.54) is 44.1 Å². The quantitative estimate of drug-likeness (QED) is 0.0324. The highest BCUT2D eigenvalue weighted by atomic mass is 16.2. The molecule has 0 aliphatic carbocycles. The average Bonchev–Trinajstić information content (AvgIpc) is 1.71. The van der Waals surface area contributed by atoms with Gasteiger partial charge in [0.25, 0.3) is 0 Å². The van der Waals surface area contributed by atoms with Crippen molar-refractivity contribution >= 4 is 70.0 Å². The number of hydrogen-bond acceptors (Lipinski definition) is 11. The number of para-hydroxylation sites is 1. The number of hydrogen-bond donors (Lipinski definition) is 3. The molecular weight excluding hydrogens is 1520 g/mol. The molecule has 0 aliphatic heterocycles. The number of nitrogens with one attached hydrogen (secondary N) is 2. The molecule has 0 unspecified atom stereocenters. The zero-order valence-corrected chi connectivity index (χ0v) is 71.1. The summed E-state index contributed by atoms with van der Waals surface area (Å²) in [7, 11) is 0. The van der Waals surface area contributed by atoms with E-state index in [1.807, 2.05) is 308 Å². The van der Waals surface area contributed by atoms with Crippen LogP contribution in [0.15, 0.2) is 273 Å². The number of nitrogens with two attached hydrogens (primary N) is 1. The number of primary amides is 1. The van der Waals surface area contributed by atoms with Crippen molar-refractivity contribution in [3.8, 4) is 0 Å². The molecule has 0 saturated heterocycles. The van der Waals surface area contributed by atoms with E-state index < -0.39 is 142 Å². The molecule has 121 heavy (non-hydrogen) atoms. The number of aromatic nitrogens is 1. The molecule has 0 fully saturated rings. The summed E-state index contributed by atoms with van der Waals surface area (Å²) in [5.74, 6) is -5.64. The fraction of sp³-hybridized carbons (Fsp3) is 0.333. The maximum absolute atomic E-state index is 16.2. The van der Waals surface area contributed by atoms with Gasteiger partial charge in [-0.05, 0) is 130 Å². The Morgan fingerprint density at radius 3 is 0.909 bits per heavy atom. The van der Waals surface area contributed by atoms with Gasteiger partial charge >= 0.3 is 0 Å². The fourth-order valence-electron chi connectivity index (χ4n) is 15.2. The molecule has 0 bridgehead atoms. The molecule has 7 atom stereocenters. The molecular formula is C99H116N12O10. The predicted molar refractivity (Wildman–Crippen MR) is 473 cm³/mol. The smallest absolute Gasteiger partial charge is 0.243 e. The van der Waals surface area contributed by atoms with Gasteiger partial charge in [0, 0.05) is 42.8 Å². The minimum absolute atomic E-state index is 0.0494. The lowest BCUT2D eigenvalue weighted by atomic mass is 10.0. The van der Waals surface area contributed by atoms with Crippen LogP contribution in [0.1, 0.15) is 161 Å². The third-order valence-electron chi connectivity index (χ3n) is 23.0. The largest absolute Gasteiger partial charge is 0.368 e. The first kappa shape index (κ1) is 90.5. The number of carbonyl (C=O) groups is 10. The monoisotopic (exact) mass is 1630 g/mol. The van der Waals surface area contributed by atoms with E-state index in [0.29, 0.717) is 35.1 Å². The van der Waals surface area contributed by atoms with E-state index in [-0.39, 0.29) is 57.0 Å². The van der Waals surface area contributed by atoms with E-state index in [1.54, 1.807) is 27.7 Å². The molecule has 22 nitrogen and oxygen atoms in total. The highest BCUT2D eigenvalue weighted by Gasteiger charge is 2.38. The minimum Gasteiger partial charge on any atom is -0.368 e. The van der Waals surface area contributed by atoms with E-state index in [4.69, 9.17) is 5.73 Å². The summed E-state index contributed by atoms with van der Waals surface area (Å²) in [5.41, 5.74) is 13.6. The third kappa shape index (κ3) is 25.6. The van der Waals surface area contributed by atoms with Gasteiger partial charge in [-0.2, -0.15) is 0 Å². The highest BCUT2D eigenvalue weighted by Crippen LogP contribution is 2.31. The Kier molecular flexibility index (Phi) is 33.5. The number of aromatic amines is 1. The number of nitrogens with zero attached hydrogens (tertiary/aromatic N) is 9. The topological polar surface area (TPSA) is 254 Å². The molecule has 4 N–H and O–H groups in total. The Labute approximate surface area is 712 Å². The lowest BCUT2D eigenvalue weighted by molar-refractivity contribution is -0.151. The molecule has 1 aromatic heterocycles. The van der Waals surface area contributed by atoms with Crippen LogP contribution in [0.3, 0.4) is 0 Å². The number of rotatable bonds is 43. The van der Waals surface area contributed by atoms with Crippen molar-refractivity contribution in [1.82, 2.24) is 54.4 Å². The Bertz CT molecular complexity index is 5010. The average molecular weight is 1630 g/mol. The molecule has 0 saturated carbocycles. The van der Waals surface area contributed by atoms with Crippen molar-refractivity contribution in [3.05, 3.63) is 323 Å². The summed E-state index contributed by atoms with van der Waals surface area (Å²) in [6, 6.07) is 77.9. The molecule has 22 heteroatoms. The molecule has 10 aromatic rings. The molecule has 0 spiro atoms. The molecule has 9 aromatic carbocycles. The lowest BCUT2D eigenvalue weighted by Gasteiger charge is -2.37.